The highest BCUT2D eigenvalue weighted by atomic mass is 35.5. The normalized spacial score (nSPS) is 12.6. The van der Waals surface area contributed by atoms with Crippen molar-refractivity contribution in [3.8, 4) is 0 Å². The Morgan fingerprint density at radius 1 is 0.822 bits per heavy atom. The van der Waals surface area contributed by atoms with Crippen LogP contribution in [0.2, 0.25) is 15.1 Å². The molecule has 4 aromatic rings. The topological polar surface area (TPSA) is 86.8 Å². The summed E-state index contributed by atoms with van der Waals surface area (Å²) in [5, 5.41) is 3.87. The maximum Gasteiger partial charge on any atom is 0.264 e. The number of benzene rings is 4. The molecule has 0 spiro atoms. The van der Waals surface area contributed by atoms with Crippen LogP contribution >= 0.6 is 34.8 Å². The molecule has 2 atom stereocenters. The van der Waals surface area contributed by atoms with E-state index < -0.39 is 28.5 Å². The molecule has 7 nitrogen and oxygen atoms in total. The van der Waals surface area contributed by atoms with Crippen molar-refractivity contribution < 1.29 is 18.0 Å². The van der Waals surface area contributed by atoms with Crippen LogP contribution in [0.4, 0.5) is 5.69 Å². The largest absolute Gasteiger partial charge is 0.352 e. The lowest BCUT2D eigenvalue weighted by molar-refractivity contribution is -0.140. The van der Waals surface area contributed by atoms with Gasteiger partial charge in [-0.25, -0.2) is 8.42 Å². The molecule has 0 unspecified atom stereocenters. The SMILES string of the molecule is CC[C@H](C)NC(=O)[C@H](Cc1ccccc1)N(Cc1ccc(Cl)cc1Cl)C(=O)CN(c1ccccc1Cl)S(=O)(=O)c1ccccc1. The molecule has 0 saturated carbocycles. The zero-order valence-corrected chi connectivity index (χ0v) is 28.0. The van der Waals surface area contributed by atoms with Crippen molar-refractivity contribution in [1.82, 2.24) is 10.2 Å². The molecule has 0 aliphatic heterocycles. The van der Waals surface area contributed by atoms with Crippen molar-refractivity contribution >= 4 is 62.3 Å². The second-order valence-corrected chi connectivity index (χ2v) is 13.7. The smallest absolute Gasteiger partial charge is 0.264 e. The number of para-hydroxylation sites is 1. The molecule has 4 aromatic carbocycles. The molecule has 4 rings (SSSR count). The number of nitrogens with zero attached hydrogens (tertiary/aromatic N) is 2. The molecule has 236 valence electrons. The summed E-state index contributed by atoms with van der Waals surface area (Å²) in [6.45, 7) is 3.12. The number of hydrogen-bond donors (Lipinski definition) is 1. The number of carbonyl (C=O) groups is 2. The standard InChI is InChI=1S/C34H34Cl3N3O4S/c1-3-24(2)38-34(42)32(20-25-12-6-4-7-13-25)39(22-26-18-19-27(35)21-30(26)37)33(41)23-40(31-17-11-10-16-29(31)36)45(43,44)28-14-8-5-9-15-28/h4-19,21,24,32H,3,20,22-23H2,1-2H3,(H,38,42)/t24-,32-/m0/s1. The van der Waals surface area contributed by atoms with Crippen LogP contribution in [0.3, 0.4) is 0 Å². The number of hydrogen-bond acceptors (Lipinski definition) is 4. The number of carbonyl (C=O) groups excluding carboxylic acids is 2. The summed E-state index contributed by atoms with van der Waals surface area (Å²) in [7, 11) is -4.26. The lowest BCUT2D eigenvalue weighted by Gasteiger charge is -2.34. The third kappa shape index (κ3) is 8.79. The fourth-order valence-electron chi connectivity index (χ4n) is 4.72. The van der Waals surface area contributed by atoms with E-state index in [1.807, 2.05) is 44.2 Å². The van der Waals surface area contributed by atoms with Gasteiger partial charge in [0, 0.05) is 29.1 Å². The summed E-state index contributed by atoms with van der Waals surface area (Å²) in [6, 6.07) is 27.2. The van der Waals surface area contributed by atoms with E-state index in [4.69, 9.17) is 34.8 Å². The van der Waals surface area contributed by atoms with Crippen molar-refractivity contribution in [3.05, 3.63) is 129 Å². The summed E-state index contributed by atoms with van der Waals surface area (Å²) in [6.07, 6.45) is 0.855. The average Bonchev–Trinajstić information content (AvgIpc) is 3.03. The molecule has 0 bridgehead atoms. The summed E-state index contributed by atoms with van der Waals surface area (Å²) in [4.78, 5) is 29.8. The molecule has 2 amide bonds. The number of nitrogens with one attached hydrogen (secondary N) is 1. The van der Waals surface area contributed by atoms with E-state index in [0.29, 0.717) is 22.0 Å². The summed E-state index contributed by atoms with van der Waals surface area (Å²) in [5.74, 6) is -0.998. The Morgan fingerprint density at radius 2 is 1.44 bits per heavy atom. The second-order valence-electron chi connectivity index (χ2n) is 10.6. The zero-order valence-electron chi connectivity index (χ0n) is 24.9. The highest BCUT2D eigenvalue weighted by Gasteiger charge is 2.35. The third-order valence-electron chi connectivity index (χ3n) is 7.36. The molecular weight excluding hydrogens is 653 g/mol. The van der Waals surface area contributed by atoms with Crippen LogP contribution in [0.1, 0.15) is 31.4 Å². The molecule has 1 N–H and O–H groups in total. The Bertz CT molecular complexity index is 1720. The van der Waals surface area contributed by atoms with E-state index in [1.165, 1.54) is 23.1 Å². The van der Waals surface area contributed by atoms with Gasteiger partial charge in [-0.3, -0.25) is 13.9 Å². The monoisotopic (exact) mass is 685 g/mol. The van der Waals surface area contributed by atoms with E-state index in [2.05, 4.69) is 5.32 Å². The molecule has 45 heavy (non-hydrogen) atoms. The van der Waals surface area contributed by atoms with Gasteiger partial charge in [-0.2, -0.15) is 0 Å². The van der Waals surface area contributed by atoms with Gasteiger partial charge in [-0.05, 0) is 60.9 Å². The first-order valence-electron chi connectivity index (χ1n) is 14.4. The third-order valence-corrected chi connectivity index (χ3v) is 10.0. The van der Waals surface area contributed by atoms with Gasteiger partial charge in [0.25, 0.3) is 10.0 Å². The molecule has 0 saturated heterocycles. The van der Waals surface area contributed by atoms with E-state index in [0.717, 1.165) is 9.87 Å². The zero-order chi connectivity index (χ0) is 32.6. The van der Waals surface area contributed by atoms with E-state index in [1.54, 1.807) is 54.6 Å². The van der Waals surface area contributed by atoms with Gasteiger partial charge in [-0.15, -0.1) is 0 Å². The number of halogens is 3. The predicted octanol–water partition coefficient (Wildman–Crippen LogP) is 7.40. The maximum atomic E-state index is 14.5. The van der Waals surface area contributed by atoms with Gasteiger partial charge >= 0.3 is 0 Å². The summed E-state index contributed by atoms with van der Waals surface area (Å²) in [5.41, 5.74) is 1.49. The van der Waals surface area contributed by atoms with E-state index in [-0.39, 0.29) is 40.5 Å². The van der Waals surface area contributed by atoms with Crippen LogP contribution in [-0.2, 0) is 32.6 Å². The first-order chi connectivity index (χ1) is 21.5. The van der Waals surface area contributed by atoms with Crippen LogP contribution in [-0.4, -0.2) is 43.8 Å². The van der Waals surface area contributed by atoms with Crippen LogP contribution in [0.25, 0.3) is 0 Å². The van der Waals surface area contributed by atoms with Crippen molar-refractivity contribution in [2.24, 2.45) is 0 Å². The van der Waals surface area contributed by atoms with E-state index in [9.17, 15) is 18.0 Å². The Kier molecular flexibility index (Phi) is 11.9. The highest BCUT2D eigenvalue weighted by molar-refractivity contribution is 7.92. The first kappa shape index (κ1) is 34.3. The lowest BCUT2D eigenvalue weighted by Crippen LogP contribution is -2.54. The van der Waals surface area contributed by atoms with E-state index >= 15 is 0 Å². The fraction of sp³-hybridized carbons (Fsp3) is 0.235. The predicted molar refractivity (Wildman–Crippen MR) is 181 cm³/mol. The number of sulfonamides is 1. The van der Waals surface area contributed by atoms with Crippen LogP contribution < -0.4 is 9.62 Å². The summed E-state index contributed by atoms with van der Waals surface area (Å²) >= 11 is 19.2. The van der Waals surface area contributed by atoms with Gasteiger partial charge in [0.05, 0.1) is 15.6 Å². The minimum absolute atomic E-state index is 0.0136. The van der Waals surface area contributed by atoms with Crippen LogP contribution in [0, 0.1) is 0 Å². The number of anilines is 1. The highest BCUT2D eigenvalue weighted by Crippen LogP contribution is 2.31. The molecule has 11 heteroatoms. The summed E-state index contributed by atoms with van der Waals surface area (Å²) < 4.78 is 29.1. The quantitative estimate of drug-likeness (QED) is 0.159. The minimum atomic E-state index is -4.26. The van der Waals surface area contributed by atoms with Crippen LogP contribution in [0.15, 0.2) is 108 Å². The molecule has 0 fully saturated rings. The van der Waals surface area contributed by atoms with Gasteiger partial charge in [0.2, 0.25) is 11.8 Å². The van der Waals surface area contributed by atoms with Gasteiger partial charge < -0.3 is 10.2 Å². The molecule has 0 heterocycles. The second kappa shape index (κ2) is 15.6. The Morgan fingerprint density at radius 3 is 2.07 bits per heavy atom. The average molecular weight is 687 g/mol. The first-order valence-corrected chi connectivity index (χ1v) is 17.0. The number of amides is 2. The van der Waals surface area contributed by atoms with Crippen molar-refractivity contribution in [2.45, 2.75) is 50.2 Å². The Balaban J connectivity index is 1.83. The van der Waals surface area contributed by atoms with Crippen molar-refractivity contribution in [1.29, 1.82) is 0 Å². The van der Waals surface area contributed by atoms with Gasteiger partial charge in [0.15, 0.2) is 0 Å². The maximum absolute atomic E-state index is 14.5. The van der Waals surface area contributed by atoms with Crippen LogP contribution in [0.5, 0.6) is 0 Å². The molecular formula is C34H34Cl3N3O4S. The van der Waals surface area contributed by atoms with Crippen molar-refractivity contribution in [3.63, 3.8) is 0 Å². The molecule has 0 aliphatic carbocycles. The Hall–Kier alpha value is -3.56. The molecule has 0 aromatic heterocycles. The number of rotatable bonds is 13. The van der Waals surface area contributed by atoms with Gasteiger partial charge in [-0.1, -0.05) is 108 Å². The van der Waals surface area contributed by atoms with Crippen molar-refractivity contribution in [2.75, 3.05) is 10.8 Å². The molecule has 0 aliphatic rings. The minimum Gasteiger partial charge on any atom is -0.352 e. The molecule has 0 radical (unpaired) electrons. The lowest BCUT2D eigenvalue weighted by atomic mass is 10.0. The fourth-order valence-corrected chi connectivity index (χ4v) is 6.93. The van der Waals surface area contributed by atoms with Gasteiger partial charge in [0.1, 0.15) is 12.6 Å². The Labute approximate surface area is 279 Å².